The van der Waals surface area contributed by atoms with Crippen molar-refractivity contribution in [1.29, 1.82) is 0 Å². The fourth-order valence-electron chi connectivity index (χ4n) is 4.20. The van der Waals surface area contributed by atoms with E-state index in [0.29, 0.717) is 25.2 Å². The van der Waals surface area contributed by atoms with Crippen LogP contribution in [0.3, 0.4) is 0 Å². The smallest absolute Gasteiger partial charge is 0.290 e. The molecule has 2 aromatic heterocycles. The summed E-state index contributed by atoms with van der Waals surface area (Å²) in [5.41, 5.74) is 3.92. The number of imidazole rings is 1. The molecule has 5 rings (SSSR count). The van der Waals surface area contributed by atoms with E-state index in [9.17, 15) is 9.59 Å². The summed E-state index contributed by atoms with van der Waals surface area (Å²) in [5.74, 6) is 0.668. The van der Waals surface area contributed by atoms with E-state index in [2.05, 4.69) is 14.9 Å². The van der Waals surface area contributed by atoms with Crippen LogP contribution in [0.25, 0.3) is 0 Å². The third kappa shape index (κ3) is 4.30. The van der Waals surface area contributed by atoms with Gasteiger partial charge in [-0.15, -0.1) is 0 Å². The fourth-order valence-corrected chi connectivity index (χ4v) is 4.20. The minimum Gasteiger partial charge on any atom is -0.459 e. The number of nitrogens with zero attached hydrogens (tertiary/aromatic N) is 3. The average Bonchev–Trinajstić information content (AvgIpc) is 3.51. The van der Waals surface area contributed by atoms with Crippen molar-refractivity contribution in [3.05, 3.63) is 108 Å². The lowest BCUT2D eigenvalue weighted by Gasteiger charge is -2.35. The Morgan fingerprint density at radius 2 is 1.85 bits per heavy atom. The van der Waals surface area contributed by atoms with E-state index in [-0.39, 0.29) is 17.6 Å². The number of furan rings is 1. The molecule has 166 valence electrons. The third-order valence-corrected chi connectivity index (χ3v) is 6.04. The molecule has 1 unspecified atom stereocenters. The number of hydrogen-bond acceptors (Lipinski definition) is 4. The van der Waals surface area contributed by atoms with Gasteiger partial charge in [0.1, 0.15) is 11.9 Å². The Morgan fingerprint density at radius 1 is 1.06 bits per heavy atom. The van der Waals surface area contributed by atoms with Crippen molar-refractivity contribution in [3.8, 4) is 0 Å². The second kappa shape index (κ2) is 8.78. The summed E-state index contributed by atoms with van der Waals surface area (Å²) in [6.07, 6.45) is 5.64. The van der Waals surface area contributed by atoms with E-state index >= 15 is 0 Å². The summed E-state index contributed by atoms with van der Waals surface area (Å²) >= 11 is 0. The molecular formula is C26H24N4O3. The maximum atomic E-state index is 13.3. The normalized spacial score (nSPS) is 15.2. The summed E-state index contributed by atoms with van der Waals surface area (Å²) in [6, 6.07) is 18.3. The van der Waals surface area contributed by atoms with Gasteiger partial charge in [0.25, 0.3) is 5.91 Å². The van der Waals surface area contributed by atoms with Crippen LogP contribution in [-0.2, 0) is 24.3 Å². The SMILES string of the molecule is Cc1nccn1Cc1ccc(NC(=O)C2Cc3ccccc3CN2C(=O)c2ccco2)cc1. The Morgan fingerprint density at radius 3 is 2.55 bits per heavy atom. The zero-order chi connectivity index (χ0) is 22.8. The number of anilines is 1. The van der Waals surface area contributed by atoms with Crippen molar-refractivity contribution in [2.24, 2.45) is 0 Å². The maximum Gasteiger partial charge on any atom is 0.290 e. The van der Waals surface area contributed by atoms with Crippen LogP contribution in [0.15, 0.2) is 83.7 Å². The molecule has 0 saturated carbocycles. The van der Waals surface area contributed by atoms with Crippen LogP contribution in [0.2, 0.25) is 0 Å². The van der Waals surface area contributed by atoms with Crippen LogP contribution in [0.4, 0.5) is 5.69 Å². The number of rotatable bonds is 5. The number of carbonyl (C=O) groups is 2. The number of amides is 2. The van der Waals surface area contributed by atoms with Crippen molar-refractivity contribution in [2.45, 2.75) is 32.5 Å². The van der Waals surface area contributed by atoms with Gasteiger partial charge >= 0.3 is 0 Å². The van der Waals surface area contributed by atoms with E-state index in [1.54, 1.807) is 23.2 Å². The molecule has 1 N–H and O–H groups in total. The third-order valence-electron chi connectivity index (χ3n) is 6.04. The van der Waals surface area contributed by atoms with Crippen molar-refractivity contribution in [3.63, 3.8) is 0 Å². The van der Waals surface area contributed by atoms with E-state index < -0.39 is 6.04 Å². The minimum absolute atomic E-state index is 0.220. The number of hydrogen-bond donors (Lipinski definition) is 1. The lowest BCUT2D eigenvalue weighted by molar-refractivity contribution is -0.121. The van der Waals surface area contributed by atoms with Crippen LogP contribution in [0, 0.1) is 6.92 Å². The molecule has 0 radical (unpaired) electrons. The first-order valence-corrected chi connectivity index (χ1v) is 10.9. The molecule has 0 fully saturated rings. The number of aryl methyl sites for hydroxylation is 1. The summed E-state index contributed by atoms with van der Waals surface area (Å²) in [4.78, 5) is 32.2. The van der Waals surface area contributed by atoms with E-state index in [0.717, 1.165) is 22.5 Å². The maximum absolute atomic E-state index is 13.3. The zero-order valence-corrected chi connectivity index (χ0v) is 18.3. The Balaban J connectivity index is 1.34. The second-order valence-corrected chi connectivity index (χ2v) is 8.19. The second-order valence-electron chi connectivity index (χ2n) is 8.19. The van der Waals surface area contributed by atoms with Crippen LogP contribution < -0.4 is 5.32 Å². The molecule has 0 saturated heterocycles. The Hall–Kier alpha value is -4.13. The largest absolute Gasteiger partial charge is 0.459 e. The summed E-state index contributed by atoms with van der Waals surface area (Å²) in [5, 5.41) is 2.99. The van der Waals surface area contributed by atoms with Gasteiger partial charge in [0.05, 0.1) is 6.26 Å². The van der Waals surface area contributed by atoms with Gasteiger partial charge in [-0.05, 0) is 47.9 Å². The molecule has 1 aliphatic heterocycles. The highest BCUT2D eigenvalue weighted by Crippen LogP contribution is 2.26. The summed E-state index contributed by atoms with van der Waals surface area (Å²) < 4.78 is 7.38. The monoisotopic (exact) mass is 440 g/mol. The van der Waals surface area contributed by atoms with E-state index in [1.165, 1.54) is 6.26 Å². The number of fused-ring (bicyclic) bond motifs is 1. The van der Waals surface area contributed by atoms with Crippen LogP contribution in [0.1, 0.15) is 33.1 Å². The predicted octanol–water partition coefficient (Wildman–Crippen LogP) is 4.04. The van der Waals surface area contributed by atoms with Crippen LogP contribution in [0.5, 0.6) is 0 Å². The van der Waals surface area contributed by atoms with Crippen molar-refractivity contribution in [2.75, 3.05) is 5.32 Å². The van der Waals surface area contributed by atoms with Gasteiger partial charge in [0, 0.05) is 37.6 Å². The standard InChI is InChI=1S/C26H24N4O3/c1-18-27-12-13-29(18)16-19-8-10-22(11-9-19)28-25(31)23-15-20-5-2-3-6-21(20)17-30(23)26(32)24-7-4-14-33-24/h2-14,23H,15-17H2,1H3,(H,28,31). The Bertz CT molecular complexity index is 1280. The number of carbonyl (C=O) groups excluding carboxylic acids is 2. The van der Waals surface area contributed by atoms with Crippen LogP contribution in [-0.4, -0.2) is 32.3 Å². The molecule has 1 atom stereocenters. The molecule has 0 spiro atoms. The Labute approximate surface area is 191 Å². The predicted molar refractivity (Wildman–Crippen MR) is 124 cm³/mol. The van der Waals surface area contributed by atoms with E-state index in [1.807, 2.05) is 61.7 Å². The molecule has 2 aromatic carbocycles. The fraction of sp³-hybridized carbons (Fsp3) is 0.192. The van der Waals surface area contributed by atoms with E-state index in [4.69, 9.17) is 4.42 Å². The molecular weight excluding hydrogens is 416 g/mol. The van der Waals surface area contributed by atoms with Gasteiger partial charge in [-0.2, -0.15) is 0 Å². The van der Waals surface area contributed by atoms with Gasteiger partial charge in [-0.25, -0.2) is 4.98 Å². The molecule has 7 heteroatoms. The quantitative estimate of drug-likeness (QED) is 0.508. The number of benzene rings is 2. The first-order chi connectivity index (χ1) is 16.1. The van der Waals surface area contributed by atoms with Gasteiger partial charge in [0.15, 0.2) is 5.76 Å². The lowest BCUT2D eigenvalue weighted by Crippen LogP contribution is -2.50. The molecule has 3 heterocycles. The van der Waals surface area contributed by atoms with Gasteiger partial charge < -0.3 is 19.2 Å². The first-order valence-electron chi connectivity index (χ1n) is 10.9. The van der Waals surface area contributed by atoms with Crippen molar-refractivity contribution < 1.29 is 14.0 Å². The van der Waals surface area contributed by atoms with Gasteiger partial charge in [0.2, 0.25) is 5.91 Å². The lowest BCUT2D eigenvalue weighted by atomic mass is 9.93. The van der Waals surface area contributed by atoms with Crippen molar-refractivity contribution in [1.82, 2.24) is 14.5 Å². The highest BCUT2D eigenvalue weighted by Gasteiger charge is 2.36. The Kier molecular flexibility index (Phi) is 5.52. The van der Waals surface area contributed by atoms with Crippen molar-refractivity contribution >= 4 is 17.5 Å². The highest BCUT2D eigenvalue weighted by atomic mass is 16.3. The number of nitrogens with one attached hydrogen (secondary N) is 1. The summed E-state index contributed by atoms with van der Waals surface area (Å²) in [7, 11) is 0. The highest BCUT2D eigenvalue weighted by molar-refractivity contribution is 6.00. The molecule has 1 aliphatic rings. The summed E-state index contributed by atoms with van der Waals surface area (Å²) in [6.45, 7) is 3.04. The van der Waals surface area contributed by atoms with Gasteiger partial charge in [-0.1, -0.05) is 36.4 Å². The average molecular weight is 441 g/mol. The van der Waals surface area contributed by atoms with Gasteiger partial charge in [-0.3, -0.25) is 9.59 Å². The topological polar surface area (TPSA) is 80.4 Å². The molecule has 4 aromatic rings. The number of aromatic nitrogens is 2. The molecule has 0 bridgehead atoms. The molecule has 7 nitrogen and oxygen atoms in total. The molecule has 2 amide bonds. The van der Waals surface area contributed by atoms with Crippen LogP contribution >= 0.6 is 0 Å². The molecule has 33 heavy (non-hydrogen) atoms. The molecule has 0 aliphatic carbocycles. The zero-order valence-electron chi connectivity index (χ0n) is 18.3. The first kappa shape index (κ1) is 20.8. The minimum atomic E-state index is -0.634.